The molecule has 0 radical (unpaired) electrons. The number of aryl methyl sites for hydroxylation is 2. The van der Waals surface area contributed by atoms with E-state index in [1.54, 1.807) is 7.11 Å². The summed E-state index contributed by atoms with van der Waals surface area (Å²) in [5.74, 6) is 0.945. The molecule has 0 aliphatic carbocycles. The highest BCUT2D eigenvalue weighted by atomic mass is 16.5. The largest absolute Gasteiger partial charge is 0.495 e. The number of hydrogen-bond donors (Lipinski definition) is 1. The van der Waals surface area contributed by atoms with Crippen LogP contribution in [0.5, 0.6) is 5.75 Å². The van der Waals surface area contributed by atoms with Gasteiger partial charge in [-0.15, -0.1) is 0 Å². The molecule has 0 unspecified atom stereocenters. The summed E-state index contributed by atoms with van der Waals surface area (Å²) >= 11 is 0. The summed E-state index contributed by atoms with van der Waals surface area (Å²) in [6.07, 6.45) is 3.17. The molecule has 1 aliphatic heterocycles. The molecule has 2 aromatic carbocycles. The maximum atomic E-state index is 13.0. The predicted molar refractivity (Wildman–Crippen MR) is 113 cm³/mol. The number of aromatic nitrogens is 1. The van der Waals surface area contributed by atoms with Gasteiger partial charge < -0.3 is 14.6 Å². The van der Waals surface area contributed by atoms with Gasteiger partial charge in [-0.1, -0.05) is 36.4 Å². The first-order valence-electron chi connectivity index (χ1n) is 9.87. The zero-order valence-electron chi connectivity index (χ0n) is 16.5. The van der Waals surface area contributed by atoms with Crippen LogP contribution >= 0.6 is 0 Å². The van der Waals surface area contributed by atoms with Crippen LogP contribution in [0.1, 0.15) is 29.7 Å². The van der Waals surface area contributed by atoms with Gasteiger partial charge in [0.25, 0.3) is 0 Å². The third-order valence-electron chi connectivity index (χ3n) is 5.52. The minimum atomic E-state index is 0.153. The lowest BCUT2D eigenvalue weighted by atomic mass is 9.96. The van der Waals surface area contributed by atoms with Crippen LogP contribution in [0, 0.1) is 6.92 Å². The van der Waals surface area contributed by atoms with Crippen molar-refractivity contribution >= 4 is 11.6 Å². The normalized spacial score (nSPS) is 13.3. The molecule has 0 fully saturated rings. The Bertz CT molecular complexity index is 976. The zero-order chi connectivity index (χ0) is 19.5. The maximum absolute atomic E-state index is 13.0. The molecule has 0 atom stereocenters. The topological polar surface area (TPSA) is 45.3 Å². The zero-order valence-corrected chi connectivity index (χ0v) is 16.5. The van der Waals surface area contributed by atoms with Crippen LogP contribution in [0.25, 0.3) is 11.3 Å². The fourth-order valence-corrected chi connectivity index (χ4v) is 4.02. The quantitative estimate of drug-likeness (QED) is 0.690. The van der Waals surface area contributed by atoms with Crippen LogP contribution in [0.3, 0.4) is 0 Å². The smallest absolute Gasteiger partial charge is 0.227 e. The molecule has 1 aromatic heterocycles. The number of nitrogens with one attached hydrogen (secondary N) is 1. The van der Waals surface area contributed by atoms with E-state index in [1.165, 1.54) is 11.1 Å². The molecular formula is C24H26N2O2. The summed E-state index contributed by atoms with van der Waals surface area (Å²) in [6, 6.07) is 18.4. The van der Waals surface area contributed by atoms with Gasteiger partial charge in [-0.3, -0.25) is 4.79 Å². The highest BCUT2D eigenvalue weighted by molar-refractivity contribution is 5.96. The predicted octanol–water partition coefficient (Wildman–Crippen LogP) is 4.91. The van der Waals surface area contributed by atoms with E-state index in [0.29, 0.717) is 12.8 Å². The third kappa shape index (κ3) is 3.55. The van der Waals surface area contributed by atoms with Crippen molar-refractivity contribution in [2.45, 2.75) is 32.6 Å². The van der Waals surface area contributed by atoms with Crippen molar-refractivity contribution in [1.29, 1.82) is 0 Å². The van der Waals surface area contributed by atoms with E-state index >= 15 is 0 Å². The first-order chi connectivity index (χ1) is 13.7. The Morgan fingerprint density at radius 3 is 2.71 bits per heavy atom. The molecule has 4 rings (SSSR count). The van der Waals surface area contributed by atoms with Crippen LogP contribution in [0.2, 0.25) is 0 Å². The molecule has 0 bridgehead atoms. The second kappa shape index (κ2) is 7.93. The van der Waals surface area contributed by atoms with Crippen molar-refractivity contribution in [3.8, 4) is 17.0 Å². The van der Waals surface area contributed by atoms with Crippen LogP contribution in [-0.2, 0) is 17.6 Å². The van der Waals surface area contributed by atoms with Gasteiger partial charge in [0.2, 0.25) is 5.91 Å². The first kappa shape index (κ1) is 18.4. The van der Waals surface area contributed by atoms with E-state index in [2.05, 4.69) is 42.2 Å². The van der Waals surface area contributed by atoms with Crippen molar-refractivity contribution in [2.75, 3.05) is 18.6 Å². The van der Waals surface area contributed by atoms with E-state index in [0.717, 1.165) is 47.8 Å². The van der Waals surface area contributed by atoms with Crippen molar-refractivity contribution < 1.29 is 9.53 Å². The molecule has 144 valence electrons. The SMILES string of the molecule is COc1ccc(C)c2c1N(C(=O)CCc1ccc(-c3ccccc3)[nH]1)CCC2. The molecular weight excluding hydrogens is 348 g/mol. The van der Waals surface area contributed by atoms with Crippen molar-refractivity contribution in [3.63, 3.8) is 0 Å². The summed E-state index contributed by atoms with van der Waals surface area (Å²) in [4.78, 5) is 18.4. The molecule has 28 heavy (non-hydrogen) atoms. The van der Waals surface area contributed by atoms with Gasteiger partial charge in [-0.25, -0.2) is 0 Å². The average Bonchev–Trinajstić information content (AvgIpc) is 3.22. The molecule has 1 aliphatic rings. The maximum Gasteiger partial charge on any atom is 0.227 e. The van der Waals surface area contributed by atoms with Gasteiger partial charge in [0.05, 0.1) is 12.8 Å². The molecule has 0 saturated heterocycles. The Labute approximate surface area is 166 Å². The molecule has 1 N–H and O–H groups in total. The standard InChI is InChI=1S/C24H26N2O2/c1-17-10-14-22(28-2)24-20(17)9-6-16-26(24)23(27)15-12-19-11-13-21(25-19)18-7-4-3-5-8-18/h3-5,7-8,10-11,13-14,25H,6,9,12,15-16H2,1-2H3. The number of amides is 1. The second-order valence-electron chi connectivity index (χ2n) is 7.32. The van der Waals surface area contributed by atoms with E-state index < -0.39 is 0 Å². The molecule has 4 nitrogen and oxygen atoms in total. The number of nitrogens with zero attached hydrogens (tertiary/aromatic N) is 1. The van der Waals surface area contributed by atoms with Crippen molar-refractivity contribution in [1.82, 2.24) is 4.98 Å². The molecule has 3 aromatic rings. The summed E-state index contributed by atoms with van der Waals surface area (Å²) in [7, 11) is 1.67. The molecule has 4 heteroatoms. The number of aromatic amines is 1. The lowest BCUT2D eigenvalue weighted by molar-refractivity contribution is -0.118. The molecule has 0 saturated carbocycles. The summed E-state index contributed by atoms with van der Waals surface area (Å²) < 4.78 is 5.56. The minimum absolute atomic E-state index is 0.153. The molecule has 2 heterocycles. The number of methoxy groups -OCH3 is 1. The highest BCUT2D eigenvalue weighted by Gasteiger charge is 2.26. The van der Waals surface area contributed by atoms with Gasteiger partial charge >= 0.3 is 0 Å². The number of carbonyl (C=O) groups excluding carboxylic acids is 1. The van der Waals surface area contributed by atoms with Crippen molar-refractivity contribution in [3.05, 3.63) is 71.4 Å². The van der Waals surface area contributed by atoms with Gasteiger partial charge in [0.1, 0.15) is 5.75 Å². The van der Waals surface area contributed by atoms with Crippen LogP contribution in [0.4, 0.5) is 5.69 Å². The summed E-state index contributed by atoms with van der Waals surface area (Å²) in [6.45, 7) is 2.86. The van der Waals surface area contributed by atoms with Crippen LogP contribution < -0.4 is 9.64 Å². The fraction of sp³-hybridized carbons (Fsp3) is 0.292. The van der Waals surface area contributed by atoms with Gasteiger partial charge in [-0.05, 0) is 61.1 Å². The molecule has 0 spiro atoms. The Balaban J connectivity index is 1.49. The first-order valence-corrected chi connectivity index (χ1v) is 9.87. The van der Waals surface area contributed by atoms with E-state index in [9.17, 15) is 4.79 Å². The Kier molecular flexibility index (Phi) is 5.20. The van der Waals surface area contributed by atoms with E-state index in [1.807, 2.05) is 29.2 Å². The Hall–Kier alpha value is -3.01. The van der Waals surface area contributed by atoms with Gasteiger partial charge in [0.15, 0.2) is 0 Å². The van der Waals surface area contributed by atoms with Crippen LogP contribution in [0.15, 0.2) is 54.6 Å². The Morgan fingerprint density at radius 1 is 1.11 bits per heavy atom. The lowest BCUT2D eigenvalue weighted by Crippen LogP contribution is -2.36. The van der Waals surface area contributed by atoms with E-state index in [-0.39, 0.29) is 5.91 Å². The number of carbonyl (C=O) groups is 1. The van der Waals surface area contributed by atoms with Crippen LogP contribution in [-0.4, -0.2) is 24.5 Å². The summed E-state index contributed by atoms with van der Waals surface area (Å²) in [5, 5.41) is 0. The third-order valence-corrected chi connectivity index (χ3v) is 5.52. The van der Waals surface area contributed by atoms with E-state index in [4.69, 9.17) is 4.74 Å². The van der Waals surface area contributed by atoms with Gasteiger partial charge in [0, 0.05) is 24.4 Å². The fourth-order valence-electron chi connectivity index (χ4n) is 4.02. The second-order valence-corrected chi connectivity index (χ2v) is 7.32. The monoisotopic (exact) mass is 374 g/mol. The molecule has 1 amide bonds. The number of hydrogen-bond acceptors (Lipinski definition) is 2. The highest BCUT2D eigenvalue weighted by Crippen LogP contribution is 2.38. The summed E-state index contributed by atoms with van der Waals surface area (Å²) in [5.41, 5.74) is 6.76. The lowest BCUT2D eigenvalue weighted by Gasteiger charge is -2.32. The number of ether oxygens (including phenoxy) is 1. The number of H-pyrrole nitrogens is 1. The van der Waals surface area contributed by atoms with Gasteiger partial charge in [-0.2, -0.15) is 0 Å². The number of fused-ring (bicyclic) bond motifs is 1. The average molecular weight is 374 g/mol. The number of benzene rings is 2. The van der Waals surface area contributed by atoms with Crippen molar-refractivity contribution in [2.24, 2.45) is 0 Å². The number of rotatable bonds is 5. The minimum Gasteiger partial charge on any atom is -0.495 e. The Morgan fingerprint density at radius 2 is 1.93 bits per heavy atom. The number of anilines is 1.